The van der Waals surface area contributed by atoms with Crippen LogP contribution in [0.5, 0.6) is 5.75 Å². The van der Waals surface area contributed by atoms with Crippen LogP contribution in [-0.4, -0.2) is 12.8 Å². The molecule has 1 aromatic rings. The molecule has 3 heteroatoms. The fourth-order valence-corrected chi connectivity index (χ4v) is 3.21. The van der Waals surface area contributed by atoms with Crippen molar-refractivity contribution in [2.24, 2.45) is 0 Å². The lowest BCUT2D eigenvalue weighted by Gasteiger charge is -2.18. The molecule has 0 spiro atoms. The van der Waals surface area contributed by atoms with Gasteiger partial charge in [0.15, 0.2) is 0 Å². The zero-order valence-corrected chi connectivity index (χ0v) is 16.7. The lowest BCUT2D eigenvalue weighted by atomic mass is 9.91. The third-order valence-electron chi connectivity index (χ3n) is 4.42. The SMILES string of the molecule is CCCCCCOC(=O)Oc1ccc(CCC)c(CCC)c1CCC. The summed E-state index contributed by atoms with van der Waals surface area (Å²) in [5.74, 6) is 0.684. The molecule has 0 aliphatic heterocycles. The van der Waals surface area contributed by atoms with Crippen molar-refractivity contribution < 1.29 is 14.3 Å². The van der Waals surface area contributed by atoms with E-state index in [1.165, 1.54) is 29.5 Å². The van der Waals surface area contributed by atoms with Crippen LogP contribution in [0.4, 0.5) is 4.79 Å². The van der Waals surface area contributed by atoms with Crippen LogP contribution in [0.1, 0.15) is 89.3 Å². The third kappa shape index (κ3) is 7.50. The smallest absolute Gasteiger partial charge is 0.434 e. The minimum atomic E-state index is -0.570. The zero-order chi connectivity index (χ0) is 18.5. The van der Waals surface area contributed by atoms with Crippen molar-refractivity contribution in [3.05, 3.63) is 28.8 Å². The van der Waals surface area contributed by atoms with Gasteiger partial charge < -0.3 is 9.47 Å². The summed E-state index contributed by atoms with van der Waals surface area (Å²) >= 11 is 0. The first-order valence-electron chi connectivity index (χ1n) is 10.2. The summed E-state index contributed by atoms with van der Waals surface area (Å²) in [6.07, 6.45) is 10.1. The normalized spacial score (nSPS) is 10.7. The molecular formula is C22H36O3. The summed E-state index contributed by atoms with van der Waals surface area (Å²) in [5.41, 5.74) is 3.96. The molecule has 0 radical (unpaired) electrons. The van der Waals surface area contributed by atoms with Crippen molar-refractivity contribution in [2.45, 2.75) is 91.9 Å². The minimum Gasteiger partial charge on any atom is -0.434 e. The van der Waals surface area contributed by atoms with Crippen molar-refractivity contribution in [2.75, 3.05) is 6.61 Å². The molecule has 0 fully saturated rings. The van der Waals surface area contributed by atoms with Crippen molar-refractivity contribution in [3.8, 4) is 5.75 Å². The van der Waals surface area contributed by atoms with Crippen LogP contribution >= 0.6 is 0 Å². The lowest BCUT2D eigenvalue weighted by molar-refractivity contribution is 0.0969. The predicted molar refractivity (Wildman–Crippen MR) is 105 cm³/mol. The van der Waals surface area contributed by atoms with E-state index in [1.54, 1.807) is 0 Å². The molecule has 0 bridgehead atoms. The van der Waals surface area contributed by atoms with Gasteiger partial charge in [0, 0.05) is 0 Å². The summed E-state index contributed by atoms with van der Waals surface area (Å²) in [5, 5.41) is 0. The summed E-state index contributed by atoms with van der Waals surface area (Å²) < 4.78 is 10.8. The first kappa shape index (κ1) is 21.5. The van der Waals surface area contributed by atoms with E-state index in [0.29, 0.717) is 12.4 Å². The van der Waals surface area contributed by atoms with E-state index in [1.807, 2.05) is 6.07 Å². The Morgan fingerprint density at radius 3 is 2.12 bits per heavy atom. The highest BCUT2D eigenvalue weighted by Crippen LogP contribution is 2.29. The van der Waals surface area contributed by atoms with Gasteiger partial charge in [0.25, 0.3) is 0 Å². The Morgan fingerprint density at radius 2 is 1.48 bits per heavy atom. The maximum atomic E-state index is 12.0. The average molecular weight is 349 g/mol. The summed E-state index contributed by atoms with van der Waals surface area (Å²) in [6, 6.07) is 4.07. The van der Waals surface area contributed by atoms with Gasteiger partial charge in [-0.15, -0.1) is 0 Å². The maximum absolute atomic E-state index is 12.0. The number of carbonyl (C=O) groups excluding carboxylic acids is 1. The fraction of sp³-hybridized carbons (Fsp3) is 0.682. The Balaban J connectivity index is 2.83. The van der Waals surface area contributed by atoms with Gasteiger partial charge in [-0.3, -0.25) is 0 Å². The molecule has 0 unspecified atom stereocenters. The number of hydrogen-bond acceptors (Lipinski definition) is 3. The highest BCUT2D eigenvalue weighted by Gasteiger charge is 2.16. The molecule has 1 aromatic carbocycles. The molecule has 0 saturated carbocycles. The van der Waals surface area contributed by atoms with Gasteiger partial charge >= 0.3 is 6.16 Å². The maximum Gasteiger partial charge on any atom is 0.513 e. The standard InChI is InChI=1S/C22H36O3/c1-5-9-10-11-17-24-22(23)25-21-16-15-18(12-6-2)19(13-7-3)20(21)14-8-4/h15-16H,5-14,17H2,1-4H3. The van der Waals surface area contributed by atoms with Crippen LogP contribution in [0, 0.1) is 0 Å². The summed E-state index contributed by atoms with van der Waals surface area (Å²) in [7, 11) is 0. The number of carbonyl (C=O) groups is 1. The van der Waals surface area contributed by atoms with E-state index < -0.39 is 6.16 Å². The van der Waals surface area contributed by atoms with Crippen LogP contribution in [-0.2, 0) is 24.0 Å². The van der Waals surface area contributed by atoms with Gasteiger partial charge in [0.2, 0.25) is 0 Å². The highest BCUT2D eigenvalue weighted by molar-refractivity contribution is 5.65. The quantitative estimate of drug-likeness (QED) is 0.241. The van der Waals surface area contributed by atoms with Gasteiger partial charge in [-0.25, -0.2) is 4.79 Å². The second-order valence-electron chi connectivity index (χ2n) is 6.69. The Labute approximate surface area is 154 Å². The highest BCUT2D eigenvalue weighted by atomic mass is 16.7. The number of benzene rings is 1. The van der Waals surface area contributed by atoms with Crippen LogP contribution in [0.15, 0.2) is 12.1 Å². The van der Waals surface area contributed by atoms with Crippen LogP contribution in [0.2, 0.25) is 0 Å². The molecule has 142 valence electrons. The van der Waals surface area contributed by atoms with Gasteiger partial charge in [-0.2, -0.15) is 0 Å². The molecule has 0 amide bonds. The van der Waals surface area contributed by atoms with Crippen LogP contribution in [0.25, 0.3) is 0 Å². The molecule has 0 aliphatic rings. The first-order chi connectivity index (χ1) is 12.2. The van der Waals surface area contributed by atoms with Gasteiger partial charge in [0.05, 0.1) is 6.61 Å². The lowest BCUT2D eigenvalue weighted by Crippen LogP contribution is -2.14. The van der Waals surface area contributed by atoms with Gasteiger partial charge in [-0.1, -0.05) is 72.3 Å². The molecule has 25 heavy (non-hydrogen) atoms. The number of ether oxygens (including phenoxy) is 2. The van der Waals surface area contributed by atoms with E-state index >= 15 is 0 Å². The molecule has 0 aliphatic carbocycles. The first-order valence-corrected chi connectivity index (χ1v) is 10.2. The Kier molecular flexibility index (Phi) is 11.0. The van der Waals surface area contributed by atoms with E-state index in [-0.39, 0.29) is 0 Å². The van der Waals surface area contributed by atoms with Crippen molar-refractivity contribution in [1.82, 2.24) is 0 Å². The van der Waals surface area contributed by atoms with Crippen molar-refractivity contribution in [3.63, 3.8) is 0 Å². The molecule has 0 heterocycles. The van der Waals surface area contributed by atoms with Crippen LogP contribution < -0.4 is 4.74 Å². The summed E-state index contributed by atoms with van der Waals surface area (Å²) in [6.45, 7) is 9.18. The third-order valence-corrected chi connectivity index (χ3v) is 4.42. The predicted octanol–water partition coefficient (Wildman–Crippen LogP) is 6.64. The molecule has 1 rings (SSSR count). The fourth-order valence-electron chi connectivity index (χ4n) is 3.21. The second kappa shape index (κ2) is 12.8. The second-order valence-corrected chi connectivity index (χ2v) is 6.69. The van der Waals surface area contributed by atoms with Gasteiger partial charge in [-0.05, 0) is 48.4 Å². The molecular weight excluding hydrogens is 312 g/mol. The number of unbranched alkanes of at least 4 members (excludes halogenated alkanes) is 3. The zero-order valence-electron chi connectivity index (χ0n) is 16.7. The number of hydrogen-bond donors (Lipinski definition) is 0. The van der Waals surface area contributed by atoms with E-state index in [4.69, 9.17) is 9.47 Å². The Hall–Kier alpha value is -1.51. The van der Waals surface area contributed by atoms with E-state index in [9.17, 15) is 4.79 Å². The molecule has 0 N–H and O–H groups in total. The number of aryl methyl sites for hydroxylation is 1. The molecule has 0 atom stereocenters. The Bertz CT molecular complexity index is 508. The van der Waals surface area contributed by atoms with E-state index in [2.05, 4.69) is 33.8 Å². The Morgan fingerprint density at radius 1 is 0.800 bits per heavy atom. The topological polar surface area (TPSA) is 35.5 Å². The monoisotopic (exact) mass is 348 g/mol. The minimum absolute atomic E-state index is 0.442. The number of rotatable bonds is 12. The van der Waals surface area contributed by atoms with Gasteiger partial charge in [0.1, 0.15) is 5.75 Å². The van der Waals surface area contributed by atoms with Crippen molar-refractivity contribution in [1.29, 1.82) is 0 Å². The molecule has 3 nitrogen and oxygen atoms in total. The largest absolute Gasteiger partial charge is 0.513 e. The van der Waals surface area contributed by atoms with Crippen LogP contribution in [0.3, 0.4) is 0 Å². The van der Waals surface area contributed by atoms with Crippen molar-refractivity contribution >= 4 is 6.16 Å². The summed E-state index contributed by atoms with van der Waals surface area (Å²) in [4.78, 5) is 12.0. The van der Waals surface area contributed by atoms with E-state index in [0.717, 1.165) is 51.4 Å². The molecule has 0 aromatic heterocycles. The molecule has 0 saturated heterocycles. The average Bonchev–Trinajstić information content (AvgIpc) is 2.60.